The van der Waals surface area contributed by atoms with Gasteiger partial charge in [-0.25, -0.2) is 8.78 Å². The van der Waals surface area contributed by atoms with Crippen molar-refractivity contribution in [2.75, 3.05) is 19.7 Å². The van der Waals surface area contributed by atoms with Crippen molar-refractivity contribution in [2.45, 2.75) is 58.7 Å². The van der Waals surface area contributed by atoms with Gasteiger partial charge < -0.3 is 19.1 Å². The van der Waals surface area contributed by atoms with Gasteiger partial charge in [-0.1, -0.05) is 26.0 Å². The van der Waals surface area contributed by atoms with Gasteiger partial charge >= 0.3 is 0 Å². The minimum atomic E-state index is -0.674. The molecule has 2 aromatic carbocycles. The van der Waals surface area contributed by atoms with E-state index in [0.717, 1.165) is 11.1 Å². The molecule has 0 N–H and O–H groups in total. The molecule has 10 heteroatoms. The molecule has 0 radical (unpaired) electrons. The molecular weight excluding hydrogens is 554 g/mol. The molecule has 0 aliphatic carbocycles. The Kier molecular flexibility index (Phi) is 7.74. The number of aromatic nitrogens is 3. The molecule has 2 aliphatic rings. The third-order valence-corrected chi connectivity index (χ3v) is 7.79. The number of hydrogen-bond donors (Lipinski definition) is 0. The molecule has 2 aliphatic heterocycles. The van der Waals surface area contributed by atoms with Crippen LogP contribution in [0.15, 0.2) is 60.9 Å². The molecule has 43 heavy (non-hydrogen) atoms. The summed E-state index contributed by atoms with van der Waals surface area (Å²) in [5.74, 6) is -1.40. The summed E-state index contributed by atoms with van der Waals surface area (Å²) in [4.78, 5) is 19.8. The zero-order chi connectivity index (χ0) is 30.3. The van der Waals surface area contributed by atoms with E-state index in [2.05, 4.69) is 4.98 Å². The predicted molar refractivity (Wildman–Crippen MR) is 156 cm³/mol. The van der Waals surface area contributed by atoms with Crippen LogP contribution in [0, 0.1) is 11.6 Å². The van der Waals surface area contributed by atoms with Crippen LogP contribution in [0.25, 0.3) is 22.4 Å². The maximum Gasteiger partial charge on any atom is 0.272 e. The number of ether oxygens (including phenoxy) is 3. The lowest BCUT2D eigenvalue weighted by molar-refractivity contribution is -0.139. The van der Waals surface area contributed by atoms with Crippen molar-refractivity contribution in [1.29, 1.82) is 0 Å². The molecule has 8 nitrogen and oxygen atoms in total. The number of carbonyl (C=O) groups is 1. The van der Waals surface area contributed by atoms with Gasteiger partial charge in [0.15, 0.2) is 5.79 Å². The second-order valence-electron chi connectivity index (χ2n) is 11.7. The second kappa shape index (κ2) is 11.5. The summed E-state index contributed by atoms with van der Waals surface area (Å²) in [5.41, 5.74) is 3.95. The van der Waals surface area contributed by atoms with Gasteiger partial charge in [-0.15, -0.1) is 0 Å². The van der Waals surface area contributed by atoms with Gasteiger partial charge in [-0.2, -0.15) is 5.10 Å². The molecule has 0 spiro atoms. The number of hydrogen-bond acceptors (Lipinski definition) is 6. The first-order valence-electron chi connectivity index (χ1n) is 14.4. The number of nitrogens with zero attached hydrogens (tertiary/aromatic N) is 4. The van der Waals surface area contributed by atoms with Gasteiger partial charge in [-0.05, 0) is 67.3 Å². The van der Waals surface area contributed by atoms with Gasteiger partial charge in [-0.3, -0.25) is 14.5 Å². The van der Waals surface area contributed by atoms with E-state index < -0.39 is 17.4 Å². The molecule has 1 unspecified atom stereocenters. The fourth-order valence-electron chi connectivity index (χ4n) is 5.60. The zero-order valence-electron chi connectivity index (χ0n) is 24.6. The summed E-state index contributed by atoms with van der Waals surface area (Å²) in [6, 6.07) is 13.4. The van der Waals surface area contributed by atoms with Gasteiger partial charge in [0, 0.05) is 42.2 Å². The highest BCUT2D eigenvalue weighted by atomic mass is 19.1. The van der Waals surface area contributed by atoms with Crippen molar-refractivity contribution in [1.82, 2.24) is 19.7 Å². The van der Waals surface area contributed by atoms with Crippen LogP contribution in [0.5, 0.6) is 5.75 Å². The molecule has 1 amide bonds. The standard InChI is InChI=1S/C33H34F2N4O4/c1-20(2)26-16-27(34)23(15-28(26)35)18-41-24-7-5-21(6-8-24)29-30(22-9-11-36-12-10-22)37-39-14-13-38(32(40)31(29)39)17-25-19-42-33(3,4)43-25/h5-12,15-16,20,25H,13-14,17-19H2,1-4H3. The molecule has 1 atom stereocenters. The van der Waals surface area contributed by atoms with Crippen LogP contribution >= 0.6 is 0 Å². The topological polar surface area (TPSA) is 78.7 Å². The smallest absolute Gasteiger partial charge is 0.272 e. The van der Waals surface area contributed by atoms with E-state index in [1.807, 2.05) is 52.0 Å². The van der Waals surface area contributed by atoms with Crippen molar-refractivity contribution >= 4 is 5.91 Å². The molecular formula is C33H34F2N4O4. The lowest BCUT2D eigenvalue weighted by Crippen LogP contribution is -2.45. The van der Waals surface area contributed by atoms with Crippen LogP contribution in [-0.4, -0.2) is 57.2 Å². The summed E-state index contributed by atoms with van der Waals surface area (Å²) in [5, 5.41) is 4.85. The Bertz CT molecular complexity index is 1640. The van der Waals surface area contributed by atoms with Crippen molar-refractivity contribution in [3.8, 4) is 28.1 Å². The Balaban J connectivity index is 1.28. The Morgan fingerprint density at radius 2 is 1.77 bits per heavy atom. The summed E-state index contributed by atoms with van der Waals surface area (Å²) < 4.78 is 48.4. The molecule has 224 valence electrons. The molecule has 6 rings (SSSR count). The van der Waals surface area contributed by atoms with E-state index in [0.29, 0.717) is 54.5 Å². The van der Waals surface area contributed by atoms with E-state index in [1.54, 1.807) is 34.1 Å². The minimum absolute atomic E-state index is 0.122. The number of benzene rings is 2. The highest BCUT2D eigenvalue weighted by Gasteiger charge is 2.38. The van der Waals surface area contributed by atoms with E-state index in [9.17, 15) is 13.6 Å². The van der Waals surface area contributed by atoms with Crippen molar-refractivity contribution in [3.63, 3.8) is 0 Å². The van der Waals surface area contributed by atoms with E-state index in [1.165, 1.54) is 12.1 Å². The number of fused-ring (bicyclic) bond motifs is 1. The normalized spacial score (nSPS) is 17.9. The Morgan fingerprint density at radius 1 is 1.02 bits per heavy atom. The van der Waals surface area contributed by atoms with Gasteiger partial charge in [0.05, 0.1) is 13.2 Å². The van der Waals surface area contributed by atoms with E-state index >= 15 is 0 Å². The molecule has 1 saturated heterocycles. The van der Waals surface area contributed by atoms with Crippen molar-refractivity contribution < 1.29 is 27.8 Å². The minimum Gasteiger partial charge on any atom is -0.489 e. The van der Waals surface area contributed by atoms with Crippen LogP contribution in [0.2, 0.25) is 0 Å². The molecule has 2 aromatic heterocycles. The monoisotopic (exact) mass is 588 g/mol. The van der Waals surface area contributed by atoms with Gasteiger partial charge in [0.1, 0.15) is 41.5 Å². The third-order valence-electron chi connectivity index (χ3n) is 7.79. The number of amides is 1. The molecule has 1 fully saturated rings. The fraction of sp³-hybridized carbons (Fsp3) is 0.364. The largest absolute Gasteiger partial charge is 0.489 e. The Labute approximate surface area is 249 Å². The Hall–Kier alpha value is -4.15. The number of carbonyl (C=O) groups excluding carboxylic acids is 1. The average molecular weight is 589 g/mol. The molecule has 0 saturated carbocycles. The maximum absolute atomic E-state index is 14.6. The predicted octanol–water partition coefficient (Wildman–Crippen LogP) is 6.20. The van der Waals surface area contributed by atoms with Crippen molar-refractivity contribution in [2.24, 2.45) is 0 Å². The summed E-state index contributed by atoms with van der Waals surface area (Å²) in [6.45, 7) is 9.12. The van der Waals surface area contributed by atoms with Gasteiger partial charge in [0.25, 0.3) is 5.91 Å². The quantitative estimate of drug-likeness (QED) is 0.244. The second-order valence-corrected chi connectivity index (χ2v) is 11.7. The first-order chi connectivity index (χ1) is 20.6. The van der Waals surface area contributed by atoms with Crippen LogP contribution in [0.4, 0.5) is 8.78 Å². The van der Waals surface area contributed by atoms with Crippen LogP contribution in [0.1, 0.15) is 55.2 Å². The first-order valence-corrected chi connectivity index (χ1v) is 14.4. The van der Waals surface area contributed by atoms with Crippen LogP contribution in [-0.2, 0) is 22.6 Å². The average Bonchev–Trinajstić information content (AvgIpc) is 3.55. The van der Waals surface area contributed by atoms with Crippen LogP contribution < -0.4 is 4.74 Å². The zero-order valence-corrected chi connectivity index (χ0v) is 24.6. The van der Waals surface area contributed by atoms with Gasteiger partial charge in [0.2, 0.25) is 0 Å². The number of rotatable bonds is 8. The fourth-order valence-corrected chi connectivity index (χ4v) is 5.60. The summed E-state index contributed by atoms with van der Waals surface area (Å²) >= 11 is 0. The number of halogens is 2. The third kappa shape index (κ3) is 5.89. The Morgan fingerprint density at radius 3 is 2.44 bits per heavy atom. The highest BCUT2D eigenvalue weighted by Crippen LogP contribution is 2.37. The number of pyridine rings is 1. The highest BCUT2D eigenvalue weighted by molar-refractivity contribution is 6.03. The molecule has 4 heterocycles. The SMILES string of the molecule is CC(C)c1cc(F)c(COc2ccc(-c3c(-c4ccncc4)nn4c3C(=O)N(CC3COC(C)(C)O3)CC4)cc2)cc1F. The maximum atomic E-state index is 14.6. The lowest BCUT2D eigenvalue weighted by atomic mass is 9.98. The lowest BCUT2D eigenvalue weighted by Gasteiger charge is -2.30. The molecule has 4 aromatic rings. The summed E-state index contributed by atoms with van der Waals surface area (Å²) in [6.07, 6.45) is 3.17. The molecule has 0 bridgehead atoms. The van der Waals surface area contributed by atoms with Crippen molar-refractivity contribution in [3.05, 3.63) is 89.4 Å². The van der Waals surface area contributed by atoms with Crippen LogP contribution in [0.3, 0.4) is 0 Å². The van der Waals surface area contributed by atoms with E-state index in [-0.39, 0.29) is 30.1 Å². The first kappa shape index (κ1) is 28.9. The van der Waals surface area contributed by atoms with E-state index in [4.69, 9.17) is 19.3 Å². The summed E-state index contributed by atoms with van der Waals surface area (Å²) in [7, 11) is 0.